The van der Waals surface area contributed by atoms with Crippen LogP contribution in [0.2, 0.25) is 0 Å². The van der Waals surface area contributed by atoms with Crippen molar-refractivity contribution < 1.29 is 19.5 Å². The number of rotatable bonds is 8. The second-order valence-electron chi connectivity index (χ2n) is 5.34. The lowest BCUT2D eigenvalue weighted by Crippen LogP contribution is -2.43. The molecule has 0 aromatic heterocycles. The summed E-state index contributed by atoms with van der Waals surface area (Å²) in [6.45, 7) is 3.88. The van der Waals surface area contributed by atoms with Gasteiger partial charge >= 0.3 is 6.09 Å². The number of anilines is 1. The lowest BCUT2D eigenvalue weighted by molar-refractivity contribution is -0.119. The Morgan fingerprint density at radius 2 is 1.78 bits per heavy atom. The molecule has 23 heavy (non-hydrogen) atoms. The average molecular weight is 321 g/mol. The van der Waals surface area contributed by atoms with Crippen molar-refractivity contribution in [2.24, 2.45) is 0 Å². The van der Waals surface area contributed by atoms with Crippen molar-refractivity contribution in [2.75, 3.05) is 11.9 Å². The zero-order chi connectivity index (χ0) is 17.2. The van der Waals surface area contributed by atoms with Crippen LogP contribution in [-0.4, -0.2) is 35.6 Å². The first-order valence-corrected chi connectivity index (χ1v) is 7.50. The normalized spacial score (nSPS) is 11.4. The predicted octanol–water partition coefficient (Wildman–Crippen LogP) is 1.88. The number of nitrogens with one attached hydrogen (secondary N) is 3. The van der Waals surface area contributed by atoms with E-state index in [1.807, 2.05) is 19.1 Å². The van der Waals surface area contributed by atoms with Crippen LogP contribution in [0, 0.1) is 6.92 Å². The third kappa shape index (κ3) is 7.85. The molecule has 7 heteroatoms. The number of aryl methyl sites for hydroxylation is 1. The molecular formula is C16H23N3O4. The smallest absolute Gasteiger partial charge is 0.405 e. The molecule has 0 aliphatic heterocycles. The lowest BCUT2D eigenvalue weighted by Gasteiger charge is -2.17. The van der Waals surface area contributed by atoms with E-state index in [1.165, 1.54) is 6.92 Å². The molecule has 0 saturated heterocycles. The summed E-state index contributed by atoms with van der Waals surface area (Å²) in [6.07, 6.45) is 0.418. The summed E-state index contributed by atoms with van der Waals surface area (Å²) in [4.78, 5) is 33.8. The molecule has 126 valence electrons. The van der Waals surface area contributed by atoms with Gasteiger partial charge in [-0.3, -0.25) is 9.59 Å². The Morgan fingerprint density at radius 3 is 2.35 bits per heavy atom. The topological polar surface area (TPSA) is 108 Å². The van der Waals surface area contributed by atoms with Crippen LogP contribution in [0.5, 0.6) is 0 Å². The molecule has 0 unspecified atom stereocenters. The van der Waals surface area contributed by atoms with Gasteiger partial charge in [0.2, 0.25) is 11.8 Å². The van der Waals surface area contributed by atoms with Crippen molar-refractivity contribution >= 4 is 23.6 Å². The Morgan fingerprint density at radius 1 is 1.13 bits per heavy atom. The Hall–Kier alpha value is -2.57. The minimum Gasteiger partial charge on any atom is -0.465 e. The van der Waals surface area contributed by atoms with Gasteiger partial charge in [-0.1, -0.05) is 17.7 Å². The number of benzene rings is 1. The fourth-order valence-corrected chi connectivity index (χ4v) is 2.02. The zero-order valence-electron chi connectivity index (χ0n) is 13.4. The van der Waals surface area contributed by atoms with Gasteiger partial charge in [-0.25, -0.2) is 4.79 Å². The molecule has 0 bridgehead atoms. The lowest BCUT2D eigenvalue weighted by atomic mass is 10.1. The molecule has 4 N–H and O–H groups in total. The van der Waals surface area contributed by atoms with E-state index in [-0.39, 0.29) is 5.91 Å². The number of carbonyl (C=O) groups excluding carboxylic acids is 2. The molecule has 0 heterocycles. The second kappa shape index (κ2) is 9.45. The molecule has 1 aromatic rings. The van der Waals surface area contributed by atoms with Crippen LogP contribution >= 0.6 is 0 Å². The largest absolute Gasteiger partial charge is 0.465 e. The van der Waals surface area contributed by atoms with E-state index < -0.39 is 18.0 Å². The van der Waals surface area contributed by atoms with E-state index >= 15 is 0 Å². The van der Waals surface area contributed by atoms with Gasteiger partial charge in [0.05, 0.1) is 0 Å². The number of hydrogen-bond acceptors (Lipinski definition) is 3. The maximum Gasteiger partial charge on any atom is 0.405 e. The third-order valence-corrected chi connectivity index (χ3v) is 3.23. The molecule has 0 radical (unpaired) electrons. The van der Waals surface area contributed by atoms with E-state index in [1.54, 1.807) is 12.1 Å². The van der Waals surface area contributed by atoms with Crippen LogP contribution in [0.15, 0.2) is 24.3 Å². The van der Waals surface area contributed by atoms with E-state index in [4.69, 9.17) is 5.11 Å². The Balaban J connectivity index is 2.51. The fraction of sp³-hybridized carbons (Fsp3) is 0.438. The van der Waals surface area contributed by atoms with E-state index in [2.05, 4.69) is 16.0 Å². The summed E-state index contributed by atoms with van der Waals surface area (Å²) in [7, 11) is 0. The quantitative estimate of drug-likeness (QED) is 0.548. The predicted molar refractivity (Wildman–Crippen MR) is 87.3 cm³/mol. The second-order valence-corrected chi connectivity index (χ2v) is 5.34. The van der Waals surface area contributed by atoms with Gasteiger partial charge in [0.25, 0.3) is 0 Å². The van der Waals surface area contributed by atoms with Gasteiger partial charge < -0.3 is 21.1 Å². The summed E-state index contributed by atoms with van der Waals surface area (Å²) >= 11 is 0. The van der Waals surface area contributed by atoms with Crippen LogP contribution in [-0.2, 0) is 9.59 Å². The monoisotopic (exact) mass is 321 g/mol. The molecule has 1 aromatic carbocycles. The van der Waals surface area contributed by atoms with E-state index in [0.29, 0.717) is 31.5 Å². The van der Waals surface area contributed by atoms with Crippen LogP contribution in [0.25, 0.3) is 0 Å². The first kappa shape index (κ1) is 18.5. The minimum absolute atomic E-state index is 0.109. The van der Waals surface area contributed by atoms with Crippen LogP contribution < -0.4 is 16.0 Å². The number of carbonyl (C=O) groups is 3. The van der Waals surface area contributed by atoms with E-state index in [9.17, 15) is 14.4 Å². The molecule has 0 fully saturated rings. The standard InChI is InChI=1S/C16H23N3O4/c1-11-6-8-13(9-7-11)18-15(21)14(19-16(22)23)5-3-4-10-17-12(2)20/h6-9,14,19H,3-5,10H2,1-2H3,(H,17,20)(H,18,21)(H,22,23)/t14-/m0/s1. The maximum absolute atomic E-state index is 12.2. The highest BCUT2D eigenvalue weighted by Gasteiger charge is 2.20. The average Bonchev–Trinajstić information content (AvgIpc) is 2.47. The van der Waals surface area contributed by atoms with Crippen molar-refractivity contribution in [2.45, 2.75) is 39.2 Å². The highest BCUT2D eigenvalue weighted by atomic mass is 16.4. The first-order chi connectivity index (χ1) is 10.9. The van der Waals surface area contributed by atoms with Crippen molar-refractivity contribution in [3.63, 3.8) is 0 Å². The van der Waals surface area contributed by atoms with Gasteiger partial charge in [0.1, 0.15) is 6.04 Å². The summed E-state index contributed by atoms with van der Waals surface area (Å²) in [5, 5.41) is 16.4. The molecule has 1 rings (SSSR count). The summed E-state index contributed by atoms with van der Waals surface area (Å²) in [5.74, 6) is -0.502. The van der Waals surface area contributed by atoms with Gasteiger partial charge in [-0.2, -0.15) is 0 Å². The Bertz CT molecular complexity index is 543. The molecule has 3 amide bonds. The number of amides is 3. The van der Waals surface area contributed by atoms with Gasteiger partial charge in [-0.05, 0) is 38.3 Å². The van der Waals surface area contributed by atoms with Crippen molar-refractivity contribution in [3.05, 3.63) is 29.8 Å². The molecule has 0 aliphatic carbocycles. The molecule has 7 nitrogen and oxygen atoms in total. The molecule has 0 spiro atoms. The molecule has 1 atom stereocenters. The van der Waals surface area contributed by atoms with Gasteiger partial charge in [0.15, 0.2) is 0 Å². The van der Waals surface area contributed by atoms with Crippen LogP contribution in [0.4, 0.5) is 10.5 Å². The maximum atomic E-state index is 12.2. The summed E-state index contributed by atoms with van der Waals surface area (Å²) in [5.41, 5.74) is 1.69. The number of hydrogen-bond donors (Lipinski definition) is 4. The fourth-order valence-electron chi connectivity index (χ4n) is 2.02. The van der Waals surface area contributed by atoms with Crippen LogP contribution in [0.1, 0.15) is 31.7 Å². The number of unbranched alkanes of at least 4 members (excludes halogenated alkanes) is 1. The van der Waals surface area contributed by atoms with Crippen LogP contribution in [0.3, 0.4) is 0 Å². The minimum atomic E-state index is -1.24. The van der Waals surface area contributed by atoms with Gasteiger partial charge in [0, 0.05) is 19.2 Å². The Labute approximate surface area is 135 Å². The summed E-state index contributed by atoms with van der Waals surface area (Å²) < 4.78 is 0. The zero-order valence-corrected chi connectivity index (χ0v) is 13.4. The highest BCUT2D eigenvalue weighted by Crippen LogP contribution is 2.10. The van der Waals surface area contributed by atoms with Crippen molar-refractivity contribution in [1.29, 1.82) is 0 Å². The third-order valence-electron chi connectivity index (χ3n) is 3.23. The van der Waals surface area contributed by atoms with Gasteiger partial charge in [-0.15, -0.1) is 0 Å². The van der Waals surface area contributed by atoms with E-state index in [0.717, 1.165) is 5.56 Å². The Kier molecular flexibility index (Phi) is 7.59. The molecule has 0 saturated carbocycles. The molecular weight excluding hydrogens is 298 g/mol. The molecule has 0 aliphatic rings. The highest BCUT2D eigenvalue weighted by molar-refractivity contribution is 5.96. The number of carboxylic acid groups (broad SMARTS) is 1. The summed E-state index contributed by atoms with van der Waals surface area (Å²) in [6, 6.07) is 6.43. The first-order valence-electron chi connectivity index (χ1n) is 7.50. The van der Waals surface area contributed by atoms with Crippen molar-refractivity contribution in [1.82, 2.24) is 10.6 Å². The van der Waals surface area contributed by atoms with Crippen molar-refractivity contribution in [3.8, 4) is 0 Å². The SMILES string of the molecule is CC(=O)NCCCC[C@H](NC(=O)O)C(=O)Nc1ccc(C)cc1.